The van der Waals surface area contributed by atoms with E-state index >= 15 is 0 Å². The molecule has 0 atom stereocenters. The Hall–Kier alpha value is -2.52. The zero-order chi connectivity index (χ0) is 19.0. The molecule has 2 aliphatic rings. The Labute approximate surface area is 172 Å². The van der Waals surface area contributed by atoms with Crippen LogP contribution in [0.5, 0.6) is 0 Å². The molecule has 0 spiro atoms. The summed E-state index contributed by atoms with van der Waals surface area (Å²) < 4.78 is 0. The van der Waals surface area contributed by atoms with Crippen LogP contribution in [0.25, 0.3) is 21.5 Å². The van der Waals surface area contributed by atoms with Crippen LogP contribution < -0.4 is 21.2 Å². The molecule has 0 nitrogen and oxygen atoms in total. The Morgan fingerprint density at radius 3 is 1.59 bits per heavy atom. The van der Waals surface area contributed by atoms with Crippen molar-refractivity contribution in [2.45, 2.75) is 6.16 Å². The third-order valence-electron chi connectivity index (χ3n) is 6.57. The molecule has 5 aromatic carbocycles. The first-order valence-electron chi connectivity index (χ1n) is 10.2. The first-order chi connectivity index (χ1) is 14.4. The lowest BCUT2D eigenvalue weighted by Gasteiger charge is -2.25. The molecule has 0 saturated carbocycles. The van der Waals surface area contributed by atoms with Crippen LogP contribution in [0.15, 0.2) is 103 Å². The second kappa shape index (κ2) is 5.76. The third kappa shape index (κ3) is 1.97. The zero-order valence-electron chi connectivity index (χ0n) is 15.9. The van der Waals surface area contributed by atoms with Crippen LogP contribution in [0.4, 0.5) is 0 Å². The molecule has 0 unspecified atom stereocenters. The highest BCUT2D eigenvalue weighted by Crippen LogP contribution is 2.88. The Kier molecular flexibility index (Phi) is 3.24. The van der Waals surface area contributed by atoms with E-state index < -0.39 is 6.95 Å². The summed E-state index contributed by atoms with van der Waals surface area (Å²) in [6.07, 6.45) is 1.17. The van der Waals surface area contributed by atoms with Gasteiger partial charge in [-0.15, -0.1) is 0 Å². The van der Waals surface area contributed by atoms with Crippen LogP contribution >= 0.6 is 14.6 Å². The largest absolute Gasteiger partial charge is 0.131 e. The number of hydrogen-bond donors (Lipinski definition) is 0. The van der Waals surface area contributed by atoms with Gasteiger partial charge in [0.25, 0.3) is 0 Å². The van der Waals surface area contributed by atoms with Crippen LogP contribution in [0.1, 0.15) is 5.56 Å². The second-order valence-electron chi connectivity index (χ2n) is 8.03. The van der Waals surface area contributed by atoms with Gasteiger partial charge in [-0.1, -0.05) is 78.9 Å². The second-order valence-corrected chi connectivity index (χ2v) is 15.7. The van der Waals surface area contributed by atoms with Crippen LogP contribution in [-0.4, -0.2) is 0 Å². The maximum absolute atomic E-state index is 2.45. The van der Waals surface area contributed by atoms with Gasteiger partial charge in [-0.25, -0.2) is 0 Å². The Morgan fingerprint density at radius 1 is 0.517 bits per heavy atom. The SMILES string of the molecule is c1ccc(C[P+]23c4cccc5cccc(c45)P2c2cccc4cccc3c24)cc1. The summed E-state index contributed by atoms with van der Waals surface area (Å²) in [5.74, 6) is 0. The fourth-order valence-electron chi connectivity index (χ4n) is 5.50. The van der Waals surface area contributed by atoms with Crippen LogP contribution in [0, 0.1) is 0 Å². The van der Waals surface area contributed by atoms with Crippen molar-refractivity contribution in [2.24, 2.45) is 0 Å². The van der Waals surface area contributed by atoms with E-state index in [0.717, 1.165) is 0 Å². The van der Waals surface area contributed by atoms with E-state index in [1.54, 1.807) is 32.0 Å². The fraction of sp³-hybridized carbons (Fsp3) is 0.0370. The average Bonchev–Trinajstić information content (AvgIpc) is 3.21. The summed E-state index contributed by atoms with van der Waals surface area (Å²) in [6, 6.07) is 39.3. The van der Waals surface area contributed by atoms with Crippen molar-refractivity contribution >= 4 is 57.3 Å². The van der Waals surface area contributed by atoms with Crippen molar-refractivity contribution < 1.29 is 0 Å². The van der Waals surface area contributed by atoms with Crippen molar-refractivity contribution in [3.8, 4) is 0 Å². The van der Waals surface area contributed by atoms with E-state index in [1.807, 2.05) is 0 Å². The molecule has 136 valence electrons. The summed E-state index contributed by atoms with van der Waals surface area (Å²) >= 11 is 0. The van der Waals surface area contributed by atoms with Gasteiger partial charge in [-0.3, -0.25) is 0 Å². The minimum Gasteiger partial charge on any atom is -0.0622 e. The lowest BCUT2D eigenvalue weighted by molar-refractivity contribution is 1.40. The molecule has 0 saturated heterocycles. The highest BCUT2D eigenvalue weighted by Gasteiger charge is 2.62. The van der Waals surface area contributed by atoms with Gasteiger partial charge in [0, 0.05) is 21.4 Å². The maximum Gasteiger partial charge on any atom is 0.131 e. The molecule has 0 radical (unpaired) electrons. The molecule has 0 amide bonds. The molecule has 0 bridgehead atoms. The first-order valence-corrected chi connectivity index (χ1v) is 14.2. The van der Waals surface area contributed by atoms with Gasteiger partial charge in [-0.2, -0.15) is 0 Å². The third-order valence-corrected chi connectivity index (χ3v) is 17.1. The summed E-state index contributed by atoms with van der Waals surface area (Å²) in [5.41, 5.74) is 1.47. The van der Waals surface area contributed by atoms with E-state index in [-0.39, 0.29) is 7.61 Å². The molecule has 5 aromatic rings. The monoisotopic (exact) mass is 405 g/mol. The maximum atomic E-state index is 2.45. The number of hydrogen-bond acceptors (Lipinski definition) is 0. The minimum atomic E-state index is -1.58. The predicted octanol–water partition coefficient (Wildman–Crippen LogP) is 5.84. The molecule has 2 aliphatic heterocycles. The van der Waals surface area contributed by atoms with Gasteiger partial charge >= 0.3 is 0 Å². The van der Waals surface area contributed by atoms with Crippen molar-refractivity contribution in [1.29, 1.82) is 0 Å². The Balaban J connectivity index is 1.65. The normalized spacial score (nSPS) is 21.0. The summed E-state index contributed by atoms with van der Waals surface area (Å²) in [6.45, 7) is -1.58. The standard InChI is InChI=1S/C27H19P2/c1-2-8-19(9-3-1)18-29-24-16-6-12-20-10-4-14-22(26(20)24)28(29)23-15-5-11-21-13-7-17-25(29)27(21)23/h1-17H,18H2/q+1. The van der Waals surface area contributed by atoms with Gasteiger partial charge in [-0.05, 0) is 40.6 Å². The van der Waals surface area contributed by atoms with E-state index in [0.29, 0.717) is 0 Å². The molecule has 0 fully saturated rings. The summed E-state index contributed by atoms with van der Waals surface area (Å²) in [5, 5.41) is 12.4. The lowest BCUT2D eigenvalue weighted by Crippen LogP contribution is -2.18. The topological polar surface area (TPSA) is 0 Å². The van der Waals surface area contributed by atoms with E-state index in [2.05, 4.69) is 103 Å². The van der Waals surface area contributed by atoms with Crippen molar-refractivity contribution in [3.05, 3.63) is 109 Å². The van der Waals surface area contributed by atoms with Crippen LogP contribution in [0.3, 0.4) is 0 Å². The first kappa shape index (κ1) is 16.3. The Morgan fingerprint density at radius 2 is 1.03 bits per heavy atom. The smallest absolute Gasteiger partial charge is 0.0622 e. The minimum absolute atomic E-state index is 0.381. The average molecular weight is 405 g/mol. The molecule has 0 aliphatic carbocycles. The highest BCUT2D eigenvalue weighted by molar-refractivity contribution is 8.51. The molecular formula is C27H19P2+. The van der Waals surface area contributed by atoms with Gasteiger partial charge in [0.05, 0.1) is 6.16 Å². The fourth-order valence-corrected chi connectivity index (χ4v) is 18.3. The Bertz CT molecular complexity index is 1340. The molecule has 29 heavy (non-hydrogen) atoms. The van der Waals surface area contributed by atoms with Crippen molar-refractivity contribution in [3.63, 3.8) is 0 Å². The summed E-state index contributed by atoms with van der Waals surface area (Å²) in [4.78, 5) is 0. The number of rotatable bonds is 2. The molecule has 7 rings (SSSR count). The molecular weight excluding hydrogens is 386 g/mol. The van der Waals surface area contributed by atoms with Crippen molar-refractivity contribution in [1.82, 2.24) is 0 Å². The number of fused-ring (bicyclic) bond motifs is 5. The quantitative estimate of drug-likeness (QED) is 0.324. The van der Waals surface area contributed by atoms with E-state index in [4.69, 9.17) is 0 Å². The zero-order valence-corrected chi connectivity index (χ0v) is 17.7. The molecule has 2 heterocycles. The molecule has 0 aromatic heterocycles. The van der Waals surface area contributed by atoms with E-state index in [1.165, 1.54) is 22.5 Å². The van der Waals surface area contributed by atoms with Gasteiger partial charge in [0.15, 0.2) is 0 Å². The molecule has 0 N–H and O–H groups in total. The van der Waals surface area contributed by atoms with Gasteiger partial charge < -0.3 is 0 Å². The van der Waals surface area contributed by atoms with Gasteiger partial charge in [0.1, 0.15) is 25.2 Å². The van der Waals surface area contributed by atoms with E-state index in [9.17, 15) is 0 Å². The predicted molar refractivity (Wildman–Crippen MR) is 130 cm³/mol. The van der Waals surface area contributed by atoms with Crippen LogP contribution in [0.2, 0.25) is 0 Å². The lowest BCUT2D eigenvalue weighted by atomic mass is 10.1. The van der Waals surface area contributed by atoms with Crippen LogP contribution in [-0.2, 0) is 6.16 Å². The highest BCUT2D eigenvalue weighted by atomic mass is 32.1. The summed E-state index contributed by atoms with van der Waals surface area (Å²) in [7, 11) is -0.381. The number of benzene rings is 5. The molecule has 2 heteroatoms. The van der Waals surface area contributed by atoms with Crippen molar-refractivity contribution in [2.75, 3.05) is 0 Å². The van der Waals surface area contributed by atoms with Gasteiger partial charge in [0.2, 0.25) is 0 Å².